The molecule has 0 radical (unpaired) electrons. The molecule has 0 heterocycles. The second-order valence-corrected chi connectivity index (χ2v) is 6.84. The van der Waals surface area contributed by atoms with Crippen LogP contribution < -0.4 is 11.2 Å². The van der Waals surface area contributed by atoms with E-state index in [4.69, 9.17) is 22.5 Å². The molecule has 0 aliphatic rings. The van der Waals surface area contributed by atoms with Gasteiger partial charge in [-0.2, -0.15) is 0 Å². The Morgan fingerprint density at radius 1 is 1.36 bits per heavy atom. The molecule has 1 aromatic rings. The highest BCUT2D eigenvalue weighted by molar-refractivity contribution is 6.30. The summed E-state index contributed by atoms with van der Waals surface area (Å²) in [6.45, 7) is 1.26. The summed E-state index contributed by atoms with van der Waals surface area (Å²) in [5.74, 6) is -2.33. The van der Waals surface area contributed by atoms with Crippen LogP contribution in [0, 0.1) is 5.92 Å². The average molecular weight is 373 g/mol. The van der Waals surface area contributed by atoms with Crippen molar-refractivity contribution in [2.75, 3.05) is 0 Å². The van der Waals surface area contributed by atoms with Crippen molar-refractivity contribution in [3.05, 3.63) is 34.9 Å². The molecule has 1 rings (SSSR count). The van der Waals surface area contributed by atoms with Crippen LogP contribution in [-0.2, 0) is 16.0 Å². The SMILES string of the molecule is CC(O)(CC[C@H](C[C@@H](O)CCc1cccc(Cl)c1)C(=O)NO)C(N)=O. The van der Waals surface area contributed by atoms with Crippen molar-refractivity contribution in [3.63, 3.8) is 0 Å². The molecular weight excluding hydrogens is 348 g/mol. The number of benzene rings is 1. The van der Waals surface area contributed by atoms with Crippen LogP contribution in [-0.4, -0.2) is 38.9 Å². The van der Waals surface area contributed by atoms with Crippen molar-refractivity contribution in [2.24, 2.45) is 11.7 Å². The maximum absolute atomic E-state index is 11.8. The Bertz CT molecular complexity index is 594. The van der Waals surface area contributed by atoms with E-state index < -0.39 is 29.4 Å². The van der Waals surface area contributed by atoms with E-state index in [1.165, 1.54) is 6.92 Å². The van der Waals surface area contributed by atoms with Crippen molar-refractivity contribution in [1.82, 2.24) is 5.48 Å². The molecule has 7 nitrogen and oxygen atoms in total. The molecule has 0 aliphatic heterocycles. The summed E-state index contributed by atoms with van der Waals surface area (Å²) in [7, 11) is 0. The van der Waals surface area contributed by atoms with Gasteiger partial charge in [0.15, 0.2) is 0 Å². The van der Waals surface area contributed by atoms with Crippen molar-refractivity contribution in [1.29, 1.82) is 0 Å². The van der Waals surface area contributed by atoms with Crippen LogP contribution >= 0.6 is 11.6 Å². The first-order valence-electron chi connectivity index (χ1n) is 8.04. The molecular formula is C17H25ClN2O5. The van der Waals surface area contributed by atoms with Crippen molar-refractivity contribution in [3.8, 4) is 0 Å². The van der Waals surface area contributed by atoms with Gasteiger partial charge in [0.25, 0.3) is 0 Å². The van der Waals surface area contributed by atoms with E-state index in [0.29, 0.717) is 17.9 Å². The lowest BCUT2D eigenvalue weighted by Gasteiger charge is -2.23. The van der Waals surface area contributed by atoms with Gasteiger partial charge in [0.05, 0.1) is 6.10 Å². The van der Waals surface area contributed by atoms with E-state index in [1.807, 2.05) is 12.1 Å². The largest absolute Gasteiger partial charge is 0.393 e. The number of hydrogen-bond acceptors (Lipinski definition) is 5. The van der Waals surface area contributed by atoms with Crippen LogP contribution in [0.4, 0.5) is 0 Å². The van der Waals surface area contributed by atoms with Crippen LogP contribution in [0.2, 0.25) is 5.02 Å². The number of nitrogens with two attached hydrogens (primary N) is 1. The van der Waals surface area contributed by atoms with Gasteiger partial charge in [-0.25, -0.2) is 5.48 Å². The zero-order chi connectivity index (χ0) is 19.0. The summed E-state index contributed by atoms with van der Waals surface area (Å²) in [5.41, 5.74) is 5.86. The second-order valence-electron chi connectivity index (χ2n) is 6.41. The topological polar surface area (TPSA) is 133 Å². The van der Waals surface area contributed by atoms with Gasteiger partial charge in [0, 0.05) is 10.9 Å². The standard InChI is InChI=1S/C17H25ClN2O5/c1-17(24,16(19)23)8-7-12(15(22)20-25)10-14(21)6-5-11-3-2-4-13(18)9-11/h2-4,9,12,14,21,24-25H,5-8,10H2,1H3,(H2,19,23)(H,20,22)/t12-,14+,17?/m1/s1. The van der Waals surface area contributed by atoms with E-state index in [2.05, 4.69) is 0 Å². The molecule has 6 N–H and O–H groups in total. The van der Waals surface area contributed by atoms with Crippen molar-refractivity contribution < 1.29 is 25.0 Å². The van der Waals surface area contributed by atoms with Gasteiger partial charge in [0.2, 0.25) is 11.8 Å². The van der Waals surface area contributed by atoms with Crippen LogP contribution in [0.15, 0.2) is 24.3 Å². The fraction of sp³-hybridized carbons (Fsp3) is 0.529. The van der Waals surface area contributed by atoms with E-state index in [1.54, 1.807) is 17.6 Å². The Morgan fingerprint density at radius 3 is 2.60 bits per heavy atom. The van der Waals surface area contributed by atoms with Gasteiger partial charge in [-0.15, -0.1) is 0 Å². The molecule has 0 bridgehead atoms. The second kappa shape index (κ2) is 9.72. The number of aliphatic hydroxyl groups excluding tert-OH is 1. The molecule has 0 fully saturated rings. The van der Waals surface area contributed by atoms with Gasteiger partial charge in [-0.3, -0.25) is 14.8 Å². The van der Waals surface area contributed by atoms with Crippen molar-refractivity contribution in [2.45, 2.75) is 50.7 Å². The van der Waals surface area contributed by atoms with E-state index >= 15 is 0 Å². The van der Waals surface area contributed by atoms with E-state index in [-0.39, 0.29) is 19.3 Å². The lowest BCUT2D eigenvalue weighted by atomic mass is 9.88. The fourth-order valence-electron chi connectivity index (χ4n) is 2.50. The Labute approximate surface area is 151 Å². The van der Waals surface area contributed by atoms with Gasteiger partial charge in [-0.05, 0) is 56.7 Å². The molecule has 0 aromatic heterocycles. The number of hydroxylamine groups is 1. The van der Waals surface area contributed by atoms with Gasteiger partial charge in [0.1, 0.15) is 5.60 Å². The summed E-state index contributed by atoms with van der Waals surface area (Å²) in [5, 5.41) is 29.5. The number of nitrogens with one attached hydrogen (secondary N) is 1. The highest BCUT2D eigenvalue weighted by Gasteiger charge is 2.31. The monoisotopic (exact) mass is 372 g/mol. The van der Waals surface area contributed by atoms with Crippen molar-refractivity contribution >= 4 is 23.4 Å². The van der Waals surface area contributed by atoms with E-state index in [9.17, 15) is 19.8 Å². The molecule has 140 valence electrons. The summed E-state index contributed by atoms with van der Waals surface area (Å²) in [6, 6.07) is 7.27. The number of aliphatic hydroxyl groups is 2. The first kappa shape index (κ1) is 21.4. The predicted molar refractivity (Wildman–Crippen MR) is 92.9 cm³/mol. The van der Waals surface area contributed by atoms with Gasteiger partial charge >= 0.3 is 0 Å². The molecule has 3 atom stereocenters. The smallest absolute Gasteiger partial charge is 0.249 e. The Morgan fingerprint density at radius 2 is 2.04 bits per heavy atom. The Kier molecular flexibility index (Phi) is 8.31. The highest BCUT2D eigenvalue weighted by Crippen LogP contribution is 2.22. The molecule has 2 amide bonds. The van der Waals surface area contributed by atoms with Gasteiger partial charge in [-0.1, -0.05) is 23.7 Å². The normalized spacial score (nSPS) is 15.9. The number of amides is 2. The third kappa shape index (κ3) is 7.39. The minimum absolute atomic E-state index is 0.0541. The van der Waals surface area contributed by atoms with Crippen LogP contribution in [0.1, 0.15) is 38.2 Å². The molecule has 0 aliphatic carbocycles. The maximum Gasteiger partial charge on any atom is 0.249 e. The number of carbonyl (C=O) groups excluding carboxylic acids is 2. The summed E-state index contributed by atoms with van der Waals surface area (Å²) in [6.07, 6.45) is 0.315. The Hall–Kier alpha value is -1.67. The molecule has 8 heteroatoms. The number of primary amides is 1. The molecule has 0 spiro atoms. The molecule has 0 saturated heterocycles. The molecule has 1 aromatic carbocycles. The van der Waals surface area contributed by atoms with Gasteiger partial charge < -0.3 is 15.9 Å². The third-order valence-corrected chi connectivity index (χ3v) is 4.44. The first-order valence-corrected chi connectivity index (χ1v) is 8.42. The zero-order valence-corrected chi connectivity index (χ0v) is 14.9. The quantitative estimate of drug-likeness (QED) is 0.310. The van der Waals surface area contributed by atoms with Crippen LogP contribution in [0.25, 0.3) is 0 Å². The van der Waals surface area contributed by atoms with E-state index in [0.717, 1.165) is 5.56 Å². The van der Waals surface area contributed by atoms with Crippen LogP contribution in [0.5, 0.6) is 0 Å². The summed E-state index contributed by atoms with van der Waals surface area (Å²) < 4.78 is 0. The number of hydrogen-bond donors (Lipinski definition) is 5. The lowest BCUT2D eigenvalue weighted by Crippen LogP contribution is -2.42. The highest BCUT2D eigenvalue weighted by atomic mass is 35.5. The number of carbonyl (C=O) groups is 2. The number of halogens is 1. The first-order chi connectivity index (χ1) is 11.7. The summed E-state index contributed by atoms with van der Waals surface area (Å²) >= 11 is 5.91. The molecule has 1 unspecified atom stereocenters. The maximum atomic E-state index is 11.8. The minimum Gasteiger partial charge on any atom is -0.393 e. The minimum atomic E-state index is -1.75. The molecule has 25 heavy (non-hydrogen) atoms. The number of aryl methyl sites for hydroxylation is 1. The zero-order valence-electron chi connectivity index (χ0n) is 14.1. The number of rotatable bonds is 10. The summed E-state index contributed by atoms with van der Waals surface area (Å²) in [4.78, 5) is 22.9. The molecule has 0 saturated carbocycles. The Balaban J connectivity index is 2.58. The van der Waals surface area contributed by atoms with Crippen LogP contribution in [0.3, 0.4) is 0 Å². The predicted octanol–water partition coefficient (Wildman–Crippen LogP) is 1.16. The fourth-order valence-corrected chi connectivity index (χ4v) is 2.71. The third-order valence-electron chi connectivity index (χ3n) is 4.20. The average Bonchev–Trinajstić information content (AvgIpc) is 2.56. The lowest BCUT2D eigenvalue weighted by molar-refractivity contribution is -0.139.